The Kier molecular flexibility index (Phi) is 6.26. The topological polar surface area (TPSA) is 67.8 Å². The molecule has 0 heterocycles. The second-order valence-corrected chi connectivity index (χ2v) is 5.27. The number of amides is 1. The Morgan fingerprint density at radius 3 is 2.48 bits per heavy atom. The van der Waals surface area contributed by atoms with Crippen molar-refractivity contribution >= 4 is 17.5 Å². The van der Waals surface area contributed by atoms with Crippen molar-refractivity contribution in [1.82, 2.24) is 5.32 Å². The van der Waals surface area contributed by atoms with E-state index >= 15 is 0 Å². The maximum atomic E-state index is 11.8. The zero-order valence-electron chi connectivity index (χ0n) is 12.7. The Balaban J connectivity index is 1.85. The molecule has 122 valence electrons. The first-order valence-electron chi connectivity index (χ1n) is 7.04. The maximum Gasteiger partial charge on any atom is 0.258 e. The van der Waals surface area contributed by atoms with Gasteiger partial charge in [-0.2, -0.15) is 0 Å². The molecule has 2 rings (SSSR count). The second kappa shape index (κ2) is 8.41. The molecule has 0 aliphatic rings. The van der Waals surface area contributed by atoms with E-state index in [2.05, 4.69) is 5.32 Å². The molecule has 0 aliphatic carbocycles. The van der Waals surface area contributed by atoms with Gasteiger partial charge in [-0.3, -0.25) is 4.79 Å². The van der Waals surface area contributed by atoms with E-state index in [1.165, 1.54) is 7.11 Å². The summed E-state index contributed by atoms with van der Waals surface area (Å²) < 4.78 is 10.6. The molecule has 0 saturated heterocycles. The van der Waals surface area contributed by atoms with Gasteiger partial charge in [-0.15, -0.1) is 0 Å². The standard InChI is InChI=1S/C17H18ClNO4/c1-22-16-8-13(10-20)4-7-15(16)23-11-17(21)19-9-12-2-5-14(18)6-3-12/h2-8,20H,9-11H2,1H3,(H,19,21). The van der Waals surface area contributed by atoms with Crippen molar-refractivity contribution < 1.29 is 19.4 Å². The summed E-state index contributed by atoms with van der Waals surface area (Å²) in [6, 6.07) is 12.3. The number of ether oxygens (including phenoxy) is 2. The van der Waals surface area contributed by atoms with Crippen LogP contribution in [0.2, 0.25) is 5.02 Å². The predicted molar refractivity (Wildman–Crippen MR) is 87.7 cm³/mol. The van der Waals surface area contributed by atoms with Crippen molar-refractivity contribution in [2.24, 2.45) is 0 Å². The number of aliphatic hydroxyl groups is 1. The van der Waals surface area contributed by atoms with Crippen LogP contribution < -0.4 is 14.8 Å². The van der Waals surface area contributed by atoms with Crippen molar-refractivity contribution in [3.8, 4) is 11.5 Å². The number of halogens is 1. The molecule has 2 N–H and O–H groups in total. The molecule has 6 heteroatoms. The Bertz CT molecular complexity index is 658. The molecule has 0 unspecified atom stereocenters. The van der Waals surface area contributed by atoms with E-state index in [1.54, 1.807) is 30.3 Å². The molecule has 23 heavy (non-hydrogen) atoms. The molecular weight excluding hydrogens is 318 g/mol. The Morgan fingerprint density at radius 2 is 1.83 bits per heavy atom. The Hall–Kier alpha value is -2.24. The van der Waals surface area contributed by atoms with Crippen molar-refractivity contribution in [3.05, 3.63) is 58.6 Å². The molecule has 5 nitrogen and oxygen atoms in total. The van der Waals surface area contributed by atoms with Gasteiger partial charge in [0, 0.05) is 11.6 Å². The lowest BCUT2D eigenvalue weighted by molar-refractivity contribution is -0.123. The third-order valence-electron chi connectivity index (χ3n) is 3.17. The highest BCUT2D eigenvalue weighted by atomic mass is 35.5. The Morgan fingerprint density at radius 1 is 1.13 bits per heavy atom. The highest BCUT2D eigenvalue weighted by Gasteiger charge is 2.08. The summed E-state index contributed by atoms with van der Waals surface area (Å²) in [5, 5.41) is 12.5. The molecule has 0 spiro atoms. The molecule has 0 fully saturated rings. The first-order chi connectivity index (χ1) is 11.1. The quantitative estimate of drug-likeness (QED) is 0.816. The zero-order chi connectivity index (χ0) is 16.7. The fourth-order valence-electron chi connectivity index (χ4n) is 1.93. The molecule has 2 aromatic carbocycles. The van der Waals surface area contributed by atoms with E-state index < -0.39 is 0 Å². The number of aliphatic hydroxyl groups excluding tert-OH is 1. The van der Waals surface area contributed by atoms with Crippen molar-refractivity contribution in [2.45, 2.75) is 13.2 Å². The fraction of sp³-hybridized carbons (Fsp3) is 0.235. The minimum absolute atomic E-state index is 0.0851. The molecule has 0 saturated carbocycles. The van der Waals surface area contributed by atoms with Gasteiger partial charge in [-0.05, 0) is 35.4 Å². The predicted octanol–water partition coefficient (Wildman–Crippen LogP) is 2.54. The van der Waals surface area contributed by atoms with E-state index in [9.17, 15) is 4.79 Å². The van der Waals surface area contributed by atoms with Gasteiger partial charge in [0.05, 0.1) is 13.7 Å². The van der Waals surface area contributed by atoms with Crippen molar-refractivity contribution in [1.29, 1.82) is 0 Å². The largest absolute Gasteiger partial charge is 0.493 e. The van der Waals surface area contributed by atoms with E-state index in [0.717, 1.165) is 5.56 Å². The van der Waals surface area contributed by atoms with Crippen LogP contribution in [-0.2, 0) is 17.9 Å². The van der Waals surface area contributed by atoms with E-state index in [-0.39, 0.29) is 19.1 Å². The normalized spacial score (nSPS) is 10.2. The van der Waals surface area contributed by atoms with E-state index in [4.69, 9.17) is 26.2 Å². The SMILES string of the molecule is COc1cc(CO)ccc1OCC(=O)NCc1ccc(Cl)cc1. The number of carbonyl (C=O) groups is 1. The number of rotatable bonds is 7. The van der Waals surface area contributed by atoms with Gasteiger partial charge in [0.1, 0.15) is 0 Å². The number of hydrogen-bond acceptors (Lipinski definition) is 4. The lowest BCUT2D eigenvalue weighted by atomic mass is 10.2. The van der Waals surface area contributed by atoms with Gasteiger partial charge in [-0.1, -0.05) is 29.8 Å². The first kappa shape index (κ1) is 17.1. The van der Waals surface area contributed by atoms with Gasteiger partial charge >= 0.3 is 0 Å². The highest BCUT2D eigenvalue weighted by molar-refractivity contribution is 6.30. The minimum atomic E-state index is -0.242. The third kappa shape index (κ3) is 5.16. The monoisotopic (exact) mass is 335 g/mol. The van der Waals surface area contributed by atoms with E-state index in [0.29, 0.717) is 28.6 Å². The van der Waals surface area contributed by atoms with Gasteiger partial charge in [0.15, 0.2) is 18.1 Å². The summed E-state index contributed by atoms with van der Waals surface area (Å²) in [5.41, 5.74) is 1.66. The van der Waals surface area contributed by atoms with Gasteiger partial charge in [0.25, 0.3) is 5.91 Å². The summed E-state index contributed by atoms with van der Waals surface area (Å²) in [4.78, 5) is 11.8. The minimum Gasteiger partial charge on any atom is -0.493 e. The molecule has 0 bridgehead atoms. The maximum absolute atomic E-state index is 11.8. The first-order valence-corrected chi connectivity index (χ1v) is 7.42. The molecule has 0 aliphatic heterocycles. The summed E-state index contributed by atoms with van der Waals surface area (Å²) in [6.45, 7) is 0.195. The summed E-state index contributed by atoms with van der Waals surface area (Å²) >= 11 is 5.81. The molecule has 1 amide bonds. The van der Waals surface area contributed by atoms with Crippen LogP contribution in [0.5, 0.6) is 11.5 Å². The van der Waals surface area contributed by atoms with Crippen LogP contribution in [0.15, 0.2) is 42.5 Å². The van der Waals surface area contributed by atoms with Crippen LogP contribution in [0, 0.1) is 0 Å². The fourth-order valence-corrected chi connectivity index (χ4v) is 2.05. The molecule has 0 aromatic heterocycles. The van der Waals surface area contributed by atoms with Gasteiger partial charge in [0.2, 0.25) is 0 Å². The zero-order valence-corrected chi connectivity index (χ0v) is 13.5. The number of hydrogen-bond donors (Lipinski definition) is 2. The van der Waals surface area contributed by atoms with E-state index in [1.807, 2.05) is 12.1 Å². The summed E-state index contributed by atoms with van der Waals surface area (Å²) in [5.74, 6) is 0.682. The number of carbonyl (C=O) groups excluding carboxylic acids is 1. The molecular formula is C17H18ClNO4. The number of methoxy groups -OCH3 is 1. The summed E-state index contributed by atoms with van der Waals surface area (Å²) in [6.07, 6.45) is 0. The molecule has 0 atom stereocenters. The average molecular weight is 336 g/mol. The van der Waals surface area contributed by atoms with Crippen LogP contribution in [0.25, 0.3) is 0 Å². The van der Waals surface area contributed by atoms with Gasteiger partial charge in [-0.25, -0.2) is 0 Å². The smallest absolute Gasteiger partial charge is 0.258 e. The van der Waals surface area contributed by atoms with Crippen LogP contribution >= 0.6 is 11.6 Å². The molecule has 2 aromatic rings. The van der Waals surface area contributed by atoms with Crippen molar-refractivity contribution in [3.63, 3.8) is 0 Å². The van der Waals surface area contributed by atoms with Gasteiger partial charge < -0.3 is 19.9 Å². The van der Waals surface area contributed by atoms with Crippen molar-refractivity contribution in [2.75, 3.05) is 13.7 Å². The van der Waals surface area contributed by atoms with Crippen LogP contribution in [0.3, 0.4) is 0 Å². The second-order valence-electron chi connectivity index (χ2n) is 4.84. The number of benzene rings is 2. The molecule has 0 radical (unpaired) electrons. The average Bonchev–Trinajstić information content (AvgIpc) is 2.59. The summed E-state index contributed by atoms with van der Waals surface area (Å²) in [7, 11) is 1.50. The lowest BCUT2D eigenvalue weighted by Crippen LogP contribution is -2.28. The van der Waals surface area contributed by atoms with Crippen LogP contribution in [0.4, 0.5) is 0 Å². The highest BCUT2D eigenvalue weighted by Crippen LogP contribution is 2.27. The third-order valence-corrected chi connectivity index (χ3v) is 3.42. The van der Waals surface area contributed by atoms with Crippen LogP contribution in [0.1, 0.15) is 11.1 Å². The van der Waals surface area contributed by atoms with Crippen LogP contribution in [-0.4, -0.2) is 24.7 Å². The lowest BCUT2D eigenvalue weighted by Gasteiger charge is -2.12. The number of nitrogens with one attached hydrogen (secondary N) is 1. The Labute approximate surface area is 139 Å².